The third-order valence-electron chi connectivity index (χ3n) is 5.74. The summed E-state index contributed by atoms with van der Waals surface area (Å²) in [5, 5.41) is 14.1. The standard InChI is InChI=1S/C25H28N2O7/c1-3-8-20(23(29)26-21(24(30)31)13-22(28)33-2)27-25(32)34-14-19-17-11-6-4-9-15(17)16-10-5-7-12-18(16)19/h4-7,9-12,19-21H,3,8,13-14H2,1-2H3,(H,26,29)(H,27,32)(H,30,31)/t20-,21+/m1/s1. The summed E-state index contributed by atoms with van der Waals surface area (Å²) in [6.45, 7) is 1.91. The Labute approximate surface area is 197 Å². The van der Waals surface area contributed by atoms with Crippen LogP contribution in [0.3, 0.4) is 0 Å². The van der Waals surface area contributed by atoms with Crippen molar-refractivity contribution in [2.75, 3.05) is 13.7 Å². The number of benzene rings is 2. The lowest BCUT2D eigenvalue weighted by Gasteiger charge is -2.21. The first-order chi connectivity index (χ1) is 16.3. The first-order valence-corrected chi connectivity index (χ1v) is 11.1. The van der Waals surface area contributed by atoms with E-state index in [-0.39, 0.29) is 18.9 Å². The number of rotatable bonds is 10. The quantitative estimate of drug-likeness (QED) is 0.457. The molecule has 2 amide bonds. The van der Waals surface area contributed by atoms with Gasteiger partial charge in [-0.1, -0.05) is 61.9 Å². The van der Waals surface area contributed by atoms with Gasteiger partial charge in [0, 0.05) is 5.92 Å². The molecule has 9 heteroatoms. The first-order valence-electron chi connectivity index (χ1n) is 11.1. The van der Waals surface area contributed by atoms with E-state index >= 15 is 0 Å². The Kier molecular flexibility index (Phi) is 8.24. The summed E-state index contributed by atoms with van der Waals surface area (Å²) < 4.78 is 9.95. The van der Waals surface area contributed by atoms with Gasteiger partial charge in [0.05, 0.1) is 13.5 Å². The van der Waals surface area contributed by atoms with Gasteiger partial charge in [0.2, 0.25) is 5.91 Å². The zero-order chi connectivity index (χ0) is 24.7. The molecule has 2 atom stereocenters. The summed E-state index contributed by atoms with van der Waals surface area (Å²) in [5.41, 5.74) is 4.32. The largest absolute Gasteiger partial charge is 0.480 e. The number of carboxylic acid groups (broad SMARTS) is 1. The topological polar surface area (TPSA) is 131 Å². The van der Waals surface area contributed by atoms with Crippen LogP contribution < -0.4 is 10.6 Å². The molecule has 0 fully saturated rings. The van der Waals surface area contributed by atoms with E-state index in [0.29, 0.717) is 6.42 Å². The summed E-state index contributed by atoms with van der Waals surface area (Å²) >= 11 is 0. The second-order valence-electron chi connectivity index (χ2n) is 7.99. The molecule has 3 N–H and O–H groups in total. The van der Waals surface area contributed by atoms with Crippen LogP contribution in [0.4, 0.5) is 4.79 Å². The number of methoxy groups -OCH3 is 1. The minimum absolute atomic E-state index is 0.0837. The fourth-order valence-corrected chi connectivity index (χ4v) is 4.06. The number of carbonyl (C=O) groups excluding carboxylic acids is 3. The molecule has 1 aliphatic rings. The van der Waals surface area contributed by atoms with Crippen LogP contribution in [-0.2, 0) is 23.9 Å². The summed E-state index contributed by atoms with van der Waals surface area (Å²) in [4.78, 5) is 48.0. The molecule has 0 aliphatic heterocycles. The second kappa shape index (κ2) is 11.3. The van der Waals surface area contributed by atoms with Crippen molar-refractivity contribution in [1.82, 2.24) is 10.6 Å². The average molecular weight is 469 g/mol. The first kappa shape index (κ1) is 24.8. The lowest BCUT2D eigenvalue weighted by molar-refractivity contribution is -0.149. The fraction of sp³-hybridized carbons (Fsp3) is 0.360. The van der Waals surface area contributed by atoms with Crippen molar-refractivity contribution >= 4 is 23.9 Å². The van der Waals surface area contributed by atoms with Crippen molar-refractivity contribution in [1.29, 1.82) is 0 Å². The zero-order valence-electron chi connectivity index (χ0n) is 19.1. The number of alkyl carbamates (subject to hydrolysis) is 1. The van der Waals surface area contributed by atoms with Crippen LogP contribution in [0, 0.1) is 0 Å². The van der Waals surface area contributed by atoms with E-state index in [1.54, 1.807) is 0 Å². The van der Waals surface area contributed by atoms with E-state index in [0.717, 1.165) is 29.4 Å². The summed E-state index contributed by atoms with van der Waals surface area (Å²) in [5.74, 6) is -3.00. The number of nitrogens with one attached hydrogen (secondary N) is 2. The van der Waals surface area contributed by atoms with Crippen LogP contribution >= 0.6 is 0 Å². The lowest BCUT2D eigenvalue weighted by atomic mass is 9.98. The van der Waals surface area contributed by atoms with Crippen LogP contribution in [0.1, 0.15) is 43.2 Å². The number of hydrogen-bond acceptors (Lipinski definition) is 6. The molecular weight excluding hydrogens is 440 g/mol. The monoisotopic (exact) mass is 468 g/mol. The molecule has 2 aromatic carbocycles. The number of carbonyl (C=O) groups is 4. The normalized spacial score (nSPS) is 13.7. The van der Waals surface area contributed by atoms with E-state index in [1.807, 2.05) is 55.5 Å². The lowest BCUT2D eigenvalue weighted by Crippen LogP contribution is -2.52. The van der Waals surface area contributed by atoms with Crippen LogP contribution in [0.5, 0.6) is 0 Å². The van der Waals surface area contributed by atoms with Gasteiger partial charge in [-0.25, -0.2) is 9.59 Å². The molecule has 0 unspecified atom stereocenters. The predicted molar refractivity (Wildman–Crippen MR) is 123 cm³/mol. The van der Waals surface area contributed by atoms with Gasteiger partial charge in [-0.3, -0.25) is 9.59 Å². The molecule has 1 aliphatic carbocycles. The molecule has 0 radical (unpaired) electrons. The summed E-state index contributed by atoms with van der Waals surface area (Å²) in [7, 11) is 1.13. The Balaban J connectivity index is 1.63. The van der Waals surface area contributed by atoms with Gasteiger partial charge < -0.3 is 25.2 Å². The van der Waals surface area contributed by atoms with Crippen molar-refractivity contribution in [3.8, 4) is 11.1 Å². The number of aliphatic carboxylic acids is 1. The van der Waals surface area contributed by atoms with Crippen molar-refractivity contribution in [3.63, 3.8) is 0 Å². The Morgan fingerprint density at radius 2 is 1.53 bits per heavy atom. The second-order valence-corrected chi connectivity index (χ2v) is 7.99. The highest BCUT2D eigenvalue weighted by Crippen LogP contribution is 2.44. The molecule has 9 nitrogen and oxygen atoms in total. The van der Waals surface area contributed by atoms with Gasteiger partial charge in [0.25, 0.3) is 0 Å². The zero-order valence-corrected chi connectivity index (χ0v) is 19.1. The van der Waals surface area contributed by atoms with Gasteiger partial charge in [0.15, 0.2) is 0 Å². The van der Waals surface area contributed by atoms with Gasteiger partial charge in [-0.2, -0.15) is 0 Å². The SMILES string of the molecule is CCC[C@@H](NC(=O)OCC1c2ccccc2-c2ccccc21)C(=O)N[C@@H](CC(=O)OC)C(=O)O. The highest BCUT2D eigenvalue weighted by atomic mass is 16.5. The highest BCUT2D eigenvalue weighted by Gasteiger charge is 2.31. The van der Waals surface area contributed by atoms with E-state index in [1.165, 1.54) is 0 Å². The van der Waals surface area contributed by atoms with Crippen molar-refractivity contribution < 1.29 is 33.8 Å². The molecule has 180 valence electrons. The number of carboxylic acids is 1. The van der Waals surface area contributed by atoms with Crippen LogP contribution in [0.2, 0.25) is 0 Å². The molecule has 0 bridgehead atoms. The van der Waals surface area contributed by atoms with E-state index in [2.05, 4.69) is 15.4 Å². The Morgan fingerprint density at radius 1 is 0.941 bits per heavy atom. The van der Waals surface area contributed by atoms with Crippen molar-refractivity contribution in [3.05, 3.63) is 59.7 Å². The van der Waals surface area contributed by atoms with Gasteiger partial charge in [-0.05, 0) is 28.7 Å². The third kappa shape index (κ3) is 5.72. The number of hydrogen-bond donors (Lipinski definition) is 3. The number of ether oxygens (including phenoxy) is 2. The number of amides is 2. The maximum absolute atomic E-state index is 12.6. The van der Waals surface area contributed by atoms with Crippen molar-refractivity contribution in [2.45, 2.75) is 44.2 Å². The molecule has 34 heavy (non-hydrogen) atoms. The molecular formula is C25H28N2O7. The van der Waals surface area contributed by atoms with Crippen LogP contribution in [0.15, 0.2) is 48.5 Å². The number of fused-ring (bicyclic) bond motifs is 3. The van der Waals surface area contributed by atoms with Crippen molar-refractivity contribution in [2.24, 2.45) is 0 Å². The van der Waals surface area contributed by atoms with E-state index < -0.39 is 42.4 Å². The summed E-state index contributed by atoms with van der Waals surface area (Å²) in [6, 6.07) is 13.4. The minimum atomic E-state index is -1.47. The third-order valence-corrected chi connectivity index (χ3v) is 5.74. The Hall–Kier alpha value is -3.88. The van der Waals surface area contributed by atoms with Gasteiger partial charge in [0.1, 0.15) is 18.7 Å². The molecule has 2 aromatic rings. The minimum Gasteiger partial charge on any atom is -0.480 e. The Bertz CT molecular complexity index is 1020. The molecule has 0 spiro atoms. The number of esters is 1. The maximum atomic E-state index is 12.6. The summed E-state index contributed by atoms with van der Waals surface area (Å²) in [6.07, 6.45) is -0.492. The van der Waals surface area contributed by atoms with E-state index in [9.17, 15) is 24.3 Å². The fourth-order valence-electron chi connectivity index (χ4n) is 4.06. The van der Waals surface area contributed by atoms with Gasteiger partial charge >= 0.3 is 18.0 Å². The molecule has 3 rings (SSSR count). The maximum Gasteiger partial charge on any atom is 0.407 e. The van der Waals surface area contributed by atoms with Crippen LogP contribution in [0.25, 0.3) is 11.1 Å². The van der Waals surface area contributed by atoms with E-state index in [4.69, 9.17) is 4.74 Å². The Morgan fingerprint density at radius 3 is 2.06 bits per heavy atom. The molecule has 0 aromatic heterocycles. The molecule has 0 saturated carbocycles. The van der Waals surface area contributed by atoms with Crippen LogP contribution in [-0.4, -0.2) is 54.8 Å². The van der Waals surface area contributed by atoms with Gasteiger partial charge in [-0.15, -0.1) is 0 Å². The molecule has 0 saturated heterocycles. The highest BCUT2D eigenvalue weighted by molar-refractivity contribution is 5.91. The molecule has 0 heterocycles. The predicted octanol–water partition coefficient (Wildman–Crippen LogP) is 2.83. The smallest absolute Gasteiger partial charge is 0.407 e. The average Bonchev–Trinajstić information content (AvgIpc) is 3.15.